The molecular formula is C15H19N5. The molecule has 2 aromatic heterocycles. The number of nitrogens with one attached hydrogen (secondary N) is 1. The summed E-state index contributed by atoms with van der Waals surface area (Å²) in [7, 11) is 1.87. The van der Waals surface area contributed by atoms with Crippen LogP contribution in [-0.4, -0.2) is 33.4 Å². The van der Waals surface area contributed by atoms with Crippen LogP contribution < -0.4 is 5.32 Å². The quantitative estimate of drug-likeness (QED) is 0.922. The molecule has 0 saturated carbocycles. The molecular weight excluding hydrogens is 250 g/mol. The van der Waals surface area contributed by atoms with Gasteiger partial charge in [0.2, 0.25) is 0 Å². The number of nitrogens with zero attached hydrogens (tertiary/aromatic N) is 4. The van der Waals surface area contributed by atoms with E-state index in [1.54, 1.807) is 6.20 Å². The molecule has 1 aliphatic rings. The molecule has 1 saturated heterocycles. The molecule has 5 heteroatoms. The minimum Gasteiger partial charge on any atom is -0.372 e. The molecule has 5 nitrogen and oxygen atoms in total. The van der Waals surface area contributed by atoms with Gasteiger partial charge in [0.1, 0.15) is 5.82 Å². The maximum absolute atomic E-state index is 4.63. The number of pyridine rings is 1. The highest BCUT2D eigenvalue weighted by Gasteiger charge is 2.27. The predicted octanol–water partition coefficient (Wildman–Crippen LogP) is 2.25. The number of hydrogen-bond acceptors (Lipinski definition) is 5. The molecule has 3 heterocycles. The lowest BCUT2D eigenvalue weighted by atomic mass is 10.1. The van der Waals surface area contributed by atoms with E-state index in [0.717, 1.165) is 36.7 Å². The molecule has 0 radical (unpaired) electrons. The van der Waals surface area contributed by atoms with Crippen molar-refractivity contribution in [3.8, 4) is 0 Å². The molecule has 1 N–H and O–H groups in total. The maximum Gasteiger partial charge on any atom is 0.144 e. The maximum atomic E-state index is 4.63. The predicted molar refractivity (Wildman–Crippen MR) is 78.2 cm³/mol. The first-order chi connectivity index (χ1) is 9.86. The Hall–Kier alpha value is -2.01. The molecule has 0 bridgehead atoms. The van der Waals surface area contributed by atoms with Crippen molar-refractivity contribution in [3.63, 3.8) is 0 Å². The van der Waals surface area contributed by atoms with Crippen molar-refractivity contribution in [1.29, 1.82) is 0 Å². The fourth-order valence-corrected chi connectivity index (χ4v) is 2.71. The second-order valence-electron chi connectivity index (χ2n) is 5.03. The molecule has 2 aromatic rings. The minimum atomic E-state index is 0.345. The fraction of sp³-hybridized carbons (Fsp3) is 0.400. The monoisotopic (exact) mass is 269 g/mol. The molecule has 1 aliphatic heterocycles. The number of hydrogen-bond donors (Lipinski definition) is 1. The smallest absolute Gasteiger partial charge is 0.144 e. The summed E-state index contributed by atoms with van der Waals surface area (Å²) in [6, 6.07) is 6.41. The van der Waals surface area contributed by atoms with E-state index >= 15 is 0 Å². The average Bonchev–Trinajstić information content (AvgIpc) is 2.96. The third-order valence-electron chi connectivity index (χ3n) is 3.71. The molecule has 1 fully saturated rings. The topological polar surface area (TPSA) is 53.9 Å². The van der Waals surface area contributed by atoms with E-state index in [-0.39, 0.29) is 0 Å². The Kier molecular flexibility index (Phi) is 3.87. The van der Waals surface area contributed by atoms with Crippen molar-refractivity contribution in [2.75, 3.05) is 18.9 Å². The van der Waals surface area contributed by atoms with E-state index in [4.69, 9.17) is 0 Å². The van der Waals surface area contributed by atoms with Crippen molar-refractivity contribution in [3.05, 3.63) is 48.2 Å². The van der Waals surface area contributed by atoms with Gasteiger partial charge in [-0.15, -0.1) is 0 Å². The molecule has 104 valence electrons. The number of likely N-dealkylation sites (tertiary alicyclic amines) is 1. The van der Waals surface area contributed by atoms with Gasteiger partial charge >= 0.3 is 0 Å². The van der Waals surface area contributed by atoms with Gasteiger partial charge in [-0.2, -0.15) is 0 Å². The summed E-state index contributed by atoms with van der Waals surface area (Å²) in [6.07, 6.45) is 7.81. The van der Waals surface area contributed by atoms with Gasteiger partial charge in [-0.3, -0.25) is 14.9 Å². The van der Waals surface area contributed by atoms with E-state index < -0.39 is 0 Å². The lowest BCUT2D eigenvalue weighted by Crippen LogP contribution is -2.24. The molecule has 0 amide bonds. The fourth-order valence-electron chi connectivity index (χ4n) is 2.71. The Labute approximate surface area is 119 Å². The van der Waals surface area contributed by atoms with Gasteiger partial charge in [0.25, 0.3) is 0 Å². The average molecular weight is 269 g/mol. The SMILES string of the molecule is CNc1cncc([C@H]2CCCN2Cc2ccccn2)n1. The Morgan fingerprint density at radius 2 is 2.30 bits per heavy atom. The van der Waals surface area contributed by atoms with Gasteiger partial charge in [-0.25, -0.2) is 4.98 Å². The number of aromatic nitrogens is 3. The van der Waals surface area contributed by atoms with Crippen molar-refractivity contribution in [1.82, 2.24) is 19.9 Å². The first-order valence-electron chi connectivity index (χ1n) is 7.00. The zero-order valence-corrected chi connectivity index (χ0v) is 11.7. The molecule has 0 spiro atoms. The van der Waals surface area contributed by atoms with Gasteiger partial charge in [-0.05, 0) is 31.5 Å². The first-order valence-corrected chi connectivity index (χ1v) is 7.00. The standard InChI is InChI=1S/C15H19N5/c1-16-15-10-17-9-13(19-15)14-6-4-8-20(14)11-12-5-2-3-7-18-12/h2-3,5,7,9-10,14H,4,6,8,11H2,1H3,(H,16,19)/t14-/m1/s1. The Morgan fingerprint density at radius 1 is 1.35 bits per heavy atom. The van der Waals surface area contributed by atoms with Crippen LogP contribution >= 0.6 is 0 Å². The van der Waals surface area contributed by atoms with Crippen molar-refractivity contribution < 1.29 is 0 Å². The number of anilines is 1. The second kappa shape index (κ2) is 5.96. The third-order valence-corrected chi connectivity index (χ3v) is 3.71. The Bertz CT molecular complexity index is 557. The lowest BCUT2D eigenvalue weighted by molar-refractivity contribution is 0.241. The van der Waals surface area contributed by atoms with Crippen LogP contribution in [0, 0.1) is 0 Å². The highest BCUT2D eigenvalue weighted by atomic mass is 15.2. The van der Waals surface area contributed by atoms with Crippen LogP contribution in [0.25, 0.3) is 0 Å². The number of rotatable bonds is 4. The molecule has 0 unspecified atom stereocenters. The van der Waals surface area contributed by atoms with Crippen LogP contribution in [0.3, 0.4) is 0 Å². The van der Waals surface area contributed by atoms with Crippen LogP contribution in [0.1, 0.15) is 30.3 Å². The molecule has 0 aromatic carbocycles. The zero-order valence-electron chi connectivity index (χ0n) is 11.7. The lowest BCUT2D eigenvalue weighted by Gasteiger charge is -2.23. The summed E-state index contributed by atoms with van der Waals surface area (Å²) < 4.78 is 0. The van der Waals surface area contributed by atoms with Gasteiger partial charge in [-0.1, -0.05) is 6.07 Å². The third kappa shape index (κ3) is 2.77. The van der Waals surface area contributed by atoms with Crippen LogP contribution in [-0.2, 0) is 6.54 Å². The second-order valence-corrected chi connectivity index (χ2v) is 5.03. The van der Waals surface area contributed by atoms with Crippen LogP contribution in [0.2, 0.25) is 0 Å². The Balaban J connectivity index is 1.78. The summed E-state index contributed by atoms with van der Waals surface area (Å²) in [5.41, 5.74) is 2.16. The summed E-state index contributed by atoms with van der Waals surface area (Å²) in [6.45, 7) is 1.96. The van der Waals surface area contributed by atoms with Crippen LogP contribution in [0.5, 0.6) is 0 Å². The van der Waals surface area contributed by atoms with E-state index in [2.05, 4.69) is 31.2 Å². The largest absolute Gasteiger partial charge is 0.372 e. The summed E-state index contributed by atoms with van der Waals surface area (Å²) in [4.78, 5) is 15.8. The molecule has 3 rings (SSSR count). The minimum absolute atomic E-state index is 0.345. The van der Waals surface area contributed by atoms with Gasteiger partial charge in [0.15, 0.2) is 0 Å². The van der Waals surface area contributed by atoms with Crippen molar-refractivity contribution in [2.45, 2.75) is 25.4 Å². The summed E-state index contributed by atoms with van der Waals surface area (Å²) in [5.74, 6) is 0.826. The highest BCUT2D eigenvalue weighted by Crippen LogP contribution is 2.31. The zero-order chi connectivity index (χ0) is 13.8. The Morgan fingerprint density at radius 3 is 3.10 bits per heavy atom. The summed E-state index contributed by atoms with van der Waals surface area (Å²) in [5, 5.41) is 3.05. The van der Waals surface area contributed by atoms with Crippen LogP contribution in [0.15, 0.2) is 36.8 Å². The van der Waals surface area contributed by atoms with E-state index in [9.17, 15) is 0 Å². The van der Waals surface area contributed by atoms with Gasteiger partial charge in [0, 0.05) is 19.8 Å². The molecule has 0 aliphatic carbocycles. The van der Waals surface area contributed by atoms with Crippen molar-refractivity contribution in [2.24, 2.45) is 0 Å². The van der Waals surface area contributed by atoms with Gasteiger partial charge in [0.05, 0.1) is 29.8 Å². The molecule has 20 heavy (non-hydrogen) atoms. The van der Waals surface area contributed by atoms with E-state index in [0.29, 0.717) is 6.04 Å². The molecule has 1 atom stereocenters. The van der Waals surface area contributed by atoms with E-state index in [1.165, 1.54) is 6.42 Å². The van der Waals surface area contributed by atoms with Crippen molar-refractivity contribution >= 4 is 5.82 Å². The van der Waals surface area contributed by atoms with Gasteiger partial charge < -0.3 is 5.32 Å². The first kappa shape index (κ1) is 13.0. The summed E-state index contributed by atoms with van der Waals surface area (Å²) >= 11 is 0. The normalized spacial score (nSPS) is 19.1. The van der Waals surface area contributed by atoms with Crippen LogP contribution in [0.4, 0.5) is 5.82 Å². The highest BCUT2D eigenvalue weighted by molar-refractivity contribution is 5.31. The van der Waals surface area contributed by atoms with E-state index in [1.807, 2.05) is 31.6 Å².